The van der Waals surface area contributed by atoms with E-state index in [1.807, 2.05) is 0 Å². The van der Waals surface area contributed by atoms with E-state index in [1.54, 1.807) is 12.2 Å². The molecule has 0 unspecified atom stereocenters. The summed E-state index contributed by atoms with van der Waals surface area (Å²) in [6.07, 6.45) is 4.71. The standard InChI is InChI=1S/C12H17NO5S/c14-11(13-8-5-6-19(17,18)7-8)9-3-1-2-4-10(9)12(15)16/h1-2,8-10H,3-7H2,(H,13,14)(H,15,16)/t8-,9+,10+/m1/s1. The summed E-state index contributed by atoms with van der Waals surface area (Å²) in [4.78, 5) is 23.2. The first-order valence-electron chi connectivity index (χ1n) is 6.27. The van der Waals surface area contributed by atoms with Gasteiger partial charge in [-0.2, -0.15) is 0 Å². The molecule has 0 aromatic rings. The Kier molecular flexibility index (Phi) is 3.93. The van der Waals surface area contributed by atoms with Crippen LogP contribution in [0, 0.1) is 11.8 Å². The van der Waals surface area contributed by atoms with Crippen LogP contribution in [0.3, 0.4) is 0 Å². The van der Waals surface area contributed by atoms with Crippen molar-refractivity contribution in [2.24, 2.45) is 11.8 Å². The number of carbonyl (C=O) groups excluding carboxylic acids is 1. The number of carboxylic acid groups (broad SMARTS) is 1. The number of hydrogen-bond donors (Lipinski definition) is 2. The molecule has 1 heterocycles. The van der Waals surface area contributed by atoms with Crippen LogP contribution in [0.2, 0.25) is 0 Å². The van der Waals surface area contributed by atoms with Crippen LogP contribution in [0.5, 0.6) is 0 Å². The molecule has 1 saturated heterocycles. The Hall–Kier alpha value is -1.37. The molecule has 1 aliphatic heterocycles. The Morgan fingerprint density at radius 3 is 2.32 bits per heavy atom. The first-order chi connectivity index (χ1) is 8.89. The van der Waals surface area contributed by atoms with Crippen molar-refractivity contribution in [2.75, 3.05) is 11.5 Å². The van der Waals surface area contributed by atoms with Crippen molar-refractivity contribution < 1.29 is 23.1 Å². The molecule has 2 rings (SSSR count). The molecule has 106 valence electrons. The summed E-state index contributed by atoms with van der Waals surface area (Å²) >= 11 is 0. The second kappa shape index (κ2) is 5.32. The minimum Gasteiger partial charge on any atom is -0.481 e. The monoisotopic (exact) mass is 287 g/mol. The lowest BCUT2D eigenvalue weighted by molar-refractivity contribution is -0.147. The van der Waals surface area contributed by atoms with Crippen molar-refractivity contribution in [1.82, 2.24) is 5.32 Å². The van der Waals surface area contributed by atoms with Crippen LogP contribution >= 0.6 is 0 Å². The summed E-state index contributed by atoms with van der Waals surface area (Å²) in [5.41, 5.74) is 0. The third kappa shape index (κ3) is 3.34. The van der Waals surface area contributed by atoms with Crippen molar-refractivity contribution >= 4 is 21.7 Å². The zero-order valence-electron chi connectivity index (χ0n) is 10.4. The van der Waals surface area contributed by atoms with E-state index in [0.717, 1.165) is 0 Å². The van der Waals surface area contributed by atoms with E-state index >= 15 is 0 Å². The summed E-state index contributed by atoms with van der Waals surface area (Å²) in [5.74, 6) is -2.61. The number of sulfone groups is 1. The van der Waals surface area contributed by atoms with E-state index in [2.05, 4.69) is 5.32 Å². The molecule has 3 atom stereocenters. The lowest BCUT2D eigenvalue weighted by Crippen LogP contribution is -2.43. The van der Waals surface area contributed by atoms with Gasteiger partial charge in [-0.3, -0.25) is 9.59 Å². The zero-order valence-corrected chi connectivity index (χ0v) is 11.2. The van der Waals surface area contributed by atoms with Gasteiger partial charge >= 0.3 is 5.97 Å². The molecule has 2 aliphatic rings. The lowest BCUT2D eigenvalue weighted by Gasteiger charge is -2.25. The highest BCUT2D eigenvalue weighted by Crippen LogP contribution is 2.26. The second-order valence-electron chi connectivity index (χ2n) is 5.10. The van der Waals surface area contributed by atoms with Gasteiger partial charge in [0.25, 0.3) is 0 Å². The van der Waals surface area contributed by atoms with E-state index < -0.39 is 27.6 Å². The predicted octanol–water partition coefficient (Wildman–Crippen LogP) is -0.0433. The molecule has 6 nitrogen and oxygen atoms in total. The smallest absolute Gasteiger partial charge is 0.307 e. The van der Waals surface area contributed by atoms with Gasteiger partial charge in [-0.1, -0.05) is 12.2 Å². The average Bonchev–Trinajstić information content (AvgIpc) is 2.68. The zero-order chi connectivity index (χ0) is 14.0. The largest absolute Gasteiger partial charge is 0.481 e. The Morgan fingerprint density at radius 2 is 1.79 bits per heavy atom. The number of amides is 1. The Balaban J connectivity index is 1.99. The van der Waals surface area contributed by atoms with E-state index in [0.29, 0.717) is 19.3 Å². The van der Waals surface area contributed by atoms with Crippen LogP contribution in [-0.4, -0.2) is 42.9 Å². The van der Waals surface area contributed by atoms with Gasteiger partial charge < -0.3 is 10.4 Å². The van der Waals surface area contributed by atoms with Gasteiger partial charge in [-0.25, -0.2) is 8.42 Å². The van der Waals surface area contributed by atoms with Crippen LogP contribution in [0.25, 0.3) is 0 Å². The molecule has 0 aromatic heterocycles. The first kappa shape index (κ1) is 14.0. The fourth-order valence-electron chi connectivity index (χ4n) is 2.59. The van der Waals surface area contributed by atoms with Crippen molar-refractivity contribution in [3.05, 3.63) is 12.2 Å². The number of hydrogen-bond acceptors (Lipinski definition) is 4. The van der Waals surface area contributed by atoms with Crippen LogP contribution in [0.1, 0.15) is 19.3 Å². The van der Waals surface area contributed by atoms with Gasteiger partial charge in [0.15, 0.2) is 9.84 Å². The number of allylic oxidation sites excluding steroid dienone is 2. The number of rotatable bonds is 3. The predicted molar refractivity (Wildman–Crippen MR) is 68.2 cm³/mol. The molecule has 0 saturated carbocycles. The van der Waals surface area contributed by atoms with Crippen molar-refractivity contribution in [1.29, 1.82) is 0 Å². The molecule has 0 spiro atoms. The number of carbonyl (C=O) groups is 2. The van der Waals surface area contributed by atoms with Gasteiger partial charge in [0.05, 0.1) is 23.3 Å². The molecular weight excluding hydrogens is 270 g/mol. The van der Waals surface area contributed by atoms with Crippen molar-refractivity contribution in [2.45, 2.75) is 25.3 Å². The summed E-state index contributed by atoms with van der Waals surface area (Å²) in [5, 5.41) is 11.8. The Bertz CT molecular complexity index is 510. The number of nitrogens with one attached hydrogen (secondary N) is 1. The summed E-state index contributed by atoms with van der Waals surface area (Å²) in [6.45, 7) is 0. The van der Waals surface area contributed by atoms with Crippen LogP contribution < -0.4 is 5.32 Å². The average molecular weight is 287 g/mol. The highest BCUT2D eigenvalue weighted by atomic mass is 32.2. The lowest BCUT2D eigenvalue weighted by atomic mass is 9.82. The fraction of sp³-hybridized carbons (Fsp3) is 0.667. The summed E-state index contributed by atoms with van der Waals surface area (Å²) in [6, 6.07) is -0.377. The Morgan fingerprint density at radius 1 is 1.16 bits per heavy atom. The molecule has 1 fully saturated rings. The van der Waals surface area contributed by atoms with E-state index in [1.165, 1.54) is 0 Å². The highest BCUT2D eigenvalue weighted by Gasteiger charge is 2.36. The van der Waals surface area contributed by atoms with Gasteiger partial charge in [0, 0.05) is 6.04 Å². The van der Waals surface area contributed by atoms with Crippen LogP contribution in [0.15, 0.2) is 12.2 Å². The van der Waals surface area contributed by atoms with E-state index in [-0.39, 0.29) is 23.5 Å². The quantitative estimate of drug-likeness (QED) is 0.709. The molecule has 2 N–H and O–H groups in total. The molecule has 0 radical (unpaired) electrons. The topological polar surface area (TPSA) is 101 Å². The fourth-order valence-corrected chi connectivity index (χ4v) is 4.27. The maximum absolute atomic E-state index is 12.1. The van der Waals surface area contributed by atoms with E-state index in [9.17, 15) is 18.0 Å². The first-order valence-corrected chi connectivity index (χ1v) is 8.10. The van der Waals surface area contributed by atoms with Gasteiger partial charge in [-0.15, -0.1) is 0 Å². The number of carboxylic acids is 1. The summed E-state index contributed by atoms with van der Waals surface area (Å²) in [7, 11) is -3.05. The SMILES string of the molecule is O=C(O)[C@H]1CC=CC[C@@H]1C(=O)N[C@@H]1CCS(=O)(=O)C1. The van der Waals surface area contributed by atoms with Crippen LogP contribution in [-0.2, 0) is 19.4 Å². The second-order valence-corrected chi connectivity index (χ2v) is 7.33. The minimum absolute atomic E-state index is 0.0426. The normalized spacial score (nSPS) is 32.9. The maximum atomic E-state index is 12.1. The van der Waals surface area contributed by atoms with E-state index in [4.69, 9.17) is 5.11 Å². The molecule has 0 aromatic carbocycles. The van der Waals surface area contributed by atoms with Crippen molar-refractivity contribution in [3.63, 3.8) is 0 Å². The van der Waals surface area contributed by atoms with Gasteiger partial charge in [-0.05, 0) is 19.3 Å². The minimum atomic E-state index is -3.05. The van der Waals surface area contributed by atoms with Gasteiger partial charge in [0.2, 0.25) is 5.91 Å². The maximum Gasteiger partial charge on any atom is 0.307 e. The Labute approximate surface area is 111 Å². The van der Waals surface area contributed by atoms with Gasteiger partial charge in [0.1, 0.15) is 0 Å². The van der Waals surface area contributed by atoms with Crippen LogP contribution in [0.4, 0.5) is 0 Å². The molecule has 1 aliphatic carbocycles. The molecule has 1 amide bonds. The molecular formula is C12H17NO5S. The third-order valence-electron chi connectivity index (χ3n) is 3.67. The molecule has 0 bridgehead atoms. The summed E-state index contributed by atoms with van der Waals surface area (Å²) < 4.78 is 22.6. The highest BCUT2D eigenvalue weighted by molar-refractivity contribution is 7.91. The molecule has 19 heavy (non-hydrogen) atoms. The number of aliphatic carboxylic acids is 1. The third-order valence-corrected chi connectivity index (χ3v) is 5.43. The molecule has 7 heteroatoms. The van der Waals surface area contributed by atoms with Crippen molar-refractivity contribution in [3.8, 4) is 0 Å².